The highest BCUT2D eigenvalue weighted by Gasteiger charge is 2.35. The first-order chi connectivity index (χ1) is 13.3. The highest BCUT2D eigenvalue weighted by atomic mass is 32.1. The zero-order valence-electron chi connectivity index (χ0n) is 15.0. The van der Waals surface area contributed by atoms with Crippen LogP contribution in [0.25, 0.3) is 0 Å². The number of methoxy groups -OCH3 is 1. The second kappa shape index (κ2) is 7.65. The van der Waals surface area contributed by atoms with Crippen molar-refractivity contribution in [1.82, 2.24) is 5.32 Å². The van der Waals surface area contributed by atoms with Crippen LogP contribution in [0.5, 0.6) is 5.75 Å². The minimum atomic E-state index is -0.792. The van der Waals surface area contributed by atoms with Crippen LogP contribution in [-0.4, -0.2) is 23.1 Å². The van der Waals surface area contributed by atoms with Crippen molar-refractivity contribution in [3.8, 4) is 5.75 Å². The number of carbonyl (C=O) groups excluding carboxylic acids is 1. The van der Waals surface area contributed by atoms with Crippen LogP contribution in [-0.2, 0) is 9.53 Å². The maximum Gasteiger partial charge on any atom is 0.337 e. The van der Waals surface area contributed by atoms with Crippen LogP contribution in [0.2, 0.25) is 0 Å². The van der Waals surface area contributed by atoms with E-state index in [1.165, 1.54) is 13.2 Å². The molecule has 1 atom stereocenters. The second-order valence-corrected chi connectivity index (χ2v) is 6.42. The molecule has 0 bridgehead atoms. The molecule has 0 unspecified atom stereocenters. The highest BCUT2D eigenvalue weighted by molar-refractivity contribution is 7.80. The summed E-state index contributed by atoms with van der Waals surface area (Å²) in [6.45, 7) is 1.72. The van der Waals surface area contributed by atoms with E-state index in [-0.39, 0.29) is 5.57 Å². The predicted octanol–water partition coefficient (Wildman–Crippen LogP) is 2.55. The van der Waals surface area contributed by atoms with Crippen molar-refractivity contribution in [3.05, 3.63) is 75.5 Å². The van der Waals surface area contributed by atoms with E-state index in [1.807, 2.05) is 30.3 Å². The van der Waals surface area contributed by atoms with E-state index < -0.39 is 28.4 Å². The molecule has 9 heteroatoms. The number of nitro groups is 1. The summed E-state index contributed by atoms with van der Waals surface area (Å²) < 4.78 is 4.93. The minimum absolute atomic E-state index is 0.243. The molecule has 144 valence electrons. The molecular formula is C19H16N3O5S-. The number of allylic oxidation sites excluding steroid dienone is 1. The Balaban J connectivity index is 2.16. The van der Waals surface area contributed by atoms with Gasteiger partial charge in [0.05, 0.1) is 23.6 Å². The fourth-order valence-electron chi connectivity index (χ4n) is 3.11. The second-order valence-electron chi connectivity index (χ2n) is 6.03. The van der Waals surface area contributed by atoms with Crippen molar-refractivity contribution in [2.45, 2.75) is 13.0 Å². The zero-order valence-corrected chi connectivity index (χ0v) is 15.9. The molecule has 0 amide bonds. The van der Waals surface area contributed by atoms with Gasteiger partial charge in [0.2, 0.25) is 0 Å². The summed E-state index contributed by atoms with van der Waals surface area (Å²) >= 11 is 5.48. The number of nitro benzene ring substituents is 1. The molecular weight excluding hydrogens is 382 g/mol. The number of carbonyl (C=O) groups is 1. The molecule has 1 N–H and O–H groups in total. The Morgan fingerprint density at radius 1 is 1.25 bits per heavy atom. The molecule has 0 saturated heterocycles. The molecule has 8 nitrogen and oxygen atoms in total. The first kappa shape index (κ1) is 19.3. The molecule has 0 radical (unpaired) electrons. The molecule has 1 heterocycles. The summed E-state index contributed by atoms with van der Waals surface area (Å²) in [7, 11) is 1.25. The number of anilines is 1. The van der Waals surface area contributed by atoms with Crippen LogP contribution in [0.1, 0.15) is 18.5 Å². The van der Waals surface area contributed by atoms with Crippen LogP contribution in [0.4, 0.5) is 11.4 Å². The number of hydrogen-bond acceptors (Lipinski definition) is 6. The van der Waals surface area contributed by atoms with Gasteiger partial charge in [-0.05, 0) is 42.6 Å². The Bertz CT molecular complexity index is 990. The van der Waals surface area contributed by atoms with Crippen molar-refractivity contribution >= 4 is 34.7 Å². The Labute approximate surface area is 166 Å². The number of ether oxygens (including phenoxy) is 1. The summed E-state index contributed by atoms with van der Waals surface area (Å²) in [6.07, 6.45) is 0. The van der Waals surface area contributed by atoms with Crippen molar-refractivity contribution in [3.63, 3.8) is 0 Å². The fourth-order valence-corrected chi connectivity index (χ4v) is 3.47. The Morgan fingerprint density at radius 3 is 2.54 bits per heavy atom. The molecule has 2 aromatic rings. The molecule has 0 saturated carbocycles. The molecule has 3 rings (SSSR count). The summed E-state index contributed by atoms with van der Waals surface area (Å²) in [6, 6.07) is 12.1. The number of nitrogens with one attached hydrogen (secondary N) is 1. The smallest absolute Gasteiger partial charge is 0.337 e. The maximum absolute atomic E-state index is 12.5. The zero-order chi connectivity index (χ0) is 20.4. The first-order valence-electron chi connectivity index (χ1n) is 8.25. The van der Waals surface area contributed by atoms with Gasteiger partial charge in [0.1, 0.15) is 0 Å². The molecule has 0 spiro atoms. The SMILES string of the molecule is COC(=O)C1=C(C)N(c2ccccc2)C(=S)N[C@@H]1c1ccc([O-])c([N+](=O)[O-])c1. The average molecular weight is 398 g/mol. The monoisotopic (exact) mass is 398 g/mol. The highest BCUT2D eigenvalue weighted by Crippen LogP contribution is 2.36. The van der Waals surface area contributed by atoms with Crippen molar-refractivity contribution < 1.29 is 19.6 Å². The number of nitrogens with zero attached hydrogens (tertiary/aromatic N) is 2. The van der Waals surface area contributed by atoms with E-state index in [0.717, 1.165) is 17.8 Å². The number of benzene rings is 2. The quantitative estimate of drug-likeness (QED) is 0.362. The Kier molecular flexibility index (Phi) is 5.27. The van der Waals surface area contributed by atoms with E-state index in [1.54, 1.807) is 11.8 Å². The largest absolute Gasteiger partial charge is 0.868 e. The van der Waals surface area contributed by atoms with E-state index >= 15 is 0 Å². The van der Waals surface area contributed by atoms with Gasteiger partial charge in [0, 0.05) is 17.5 Å². The van der Waals surface area contributed by atoms with Gasteiger partial charge in [0.25, 0.3) is 5.69 Å². The summed E-state index contributed by atoms with van der Waals surface area (Å²) in [5.41, 5.74) is 1.31. The van der Waals surface area contributed by atoms with Gasteiger partial charge >= 0.3 is 5.97 Å². The molecule has 1 aliphatic heterocycles. The fraction of sp³-hybridized carbons (Fsp3) is 0.158. The number of esters is 1. The number of hydrogen-bond donors (Lipinski definition) is 1. The Hall–Kier alpha value is -3.46. The van der Waals surface area contributed by atoms with Gasteiger partial charge in [-0.2, -0.15) is 0 Å². The molecule has 1 aliphatic rings. The van der Waals surface area contributed by atoms with E-state index in [2.05, 4.69) is 5.32 Å². The molecule has 2 aromatic carbocycles. The standard InChI is InChI=1S/C19H17N3O5S/c1-11-16(18(24)27-2)17(12-8-9-15(23)14(10-12)22(25)26)20-19(28)21(11)13-6-4-3-5-7-13/h3-10,17,23H,1-2H3,(H,20,28)/p-1/t17-/m1/s1. The van der Waals surface area contributed by atoms with Gasteiger partial charge in [-0.15, -0.1) is 0 Å². The molecule has 0 fully saturated rings. The number of thiocarbonyl (C=S) groups is 1. The third kappa shape index (κ3) is 3.39. The lowest BCUT2D eigenvalue weighted by atomic mass is 9.94. The third-order valence-electron chi connectivity index (χ3n) is 4.42. The van der Waals surface area contributed by atoms with Crippen molar-refractivity contribution in [2.24, 2.45) is 0 Å². The van der Waals surface area contributed by atoms with Crippen LogP contribution in [0.3, 0.4) is 0 Å². The number of para-hydroxylation sites is 1. The van der Waals surface area contributed by atoms with Gasteiger partial charge in [-0.1, -0.05) is 30.3 Å². The Morgan fingerprint density at radius 2 is 1.93 bits per heavy atom. The lowest BCUT2D eigenvalue weighted by molar-refractivity contribution is -0.398. The first-order valence-corrected chi connectivity index (χ1v) is 8.66. The normalized spacial score (nSPS) is 16.6. The lowest BCUT2D eigenvalue weighted by Crippen LogP contribution is -2.48. The van der Waals surface area contributed by atoms with Gasteiger partial charge in [-0.25, -0.2) is 4.79 Å². The van der Waals surface area contributed by atoms with Crippen molar-refractivity contribution in [1.29, 1.82) is 0 Å². The van der Waals surface area contributed by atoms with Crippen molar-refractivity contribution in [2.75, 3.05) is 12.0 Å². The third-order valence-corrected chi connectivity index (χ3v) is 4.72. The van der Waals surface area contributed by atoms with Crippen LogP contribution < -0.4 is 15.3 Å². The summed E-state index contributed by atoms with van der Waals surface area (Å²) in [5, 5.41) is 26.2. The topological polar surface area (TPSA) is 108 Å². The van der Waals surface area contributed by atoms with E-state index in [0.29, 0.717) is 16.4 Å². The predicted molar refractivity (Wildman–Crippen MR) is 105 cm³/mol. The van der Waals surface area contributed by atoms with Crippen LogP contribution in [0, 0.1) is 10.1 Å². The van der Waals surface area contributed by atoms with Gasteiger partial charge in [-0.3, -0.25) is 15.0 Å². The minimum Gasteiger partial charge on any atom is -0.868 e. The maximum atomic E-state index is 12.5. The average Bonchev–Trinajstić information content (AvgIpc) is 2.68. The molecule has 0 aliphatic carbocycles. The van der Waals surface area contributed by atoms with Crippen LogP contribution >= 0.6 is 12.2 Å². The van der Waals surface area contributed by atoms with E-state index in [4.69, 9.17) is 17.0 Å². The number of rotatable bonds is 4. The molecule has 28 heavy (non-hydrogen) atoms. The summed E-state index contributed by atoms with van der Waals surface area (Å²) in [5.74, 6) is -1.31. The van der Waals surface area contributed by atoms with Gasteiger partial charge < -0.3 is 15.2 Å². The molecule has 0 aromatic heterocycles. The summed E-state index contributed by atoms with van der Waals surface area (Å²) in [4.78, 5) is 24.6. The lowest BCUT2D eigenvalue weighted by Gasteiger charge is -2.37. The van der Waals surface area contributed by atoms with Crippen LogP contribution in [0.15, 0.2) is 59.8 Å². The van der Waals surface area contributed by atoms with Gasteiger partial charge in [0.15, 0.2) is 5.11 Å². The van der Waals surface area contributed by atoms with E-state index in [9.17, 15) is 20.0 Å².